The normalized spacial score (nSPS) is 17.4. The standard InChI is InChI=1S/C28H20FNO4/c29-20-12-8-17(9-13-20)16-30-25(19-10-14-21(31)15-11-19)24(27(33)28(30)34)26(32)23-7-3-5-18-4-1-2-6-22(18)23/h1-15,25,31-32H,16H2/b26-24-. The van der Waals surface area contributed by atoms with Crippen LogP contribution < -0.4 is 0 Å². The van der Waals surface area contributed by atoms with Crippen LogP contribution in [0.25, 0.3) is 16.5 Å². The van der Waals surface area contributed by atoms with Crippen molar-refractivity contribution >= 4 is 28.2 Å². The van der Waals surface area contributed by atoms with Crippen LogP contribution in [0.1, 0.15) is 22.7 Å². The Morgan fingerprint density at radius 3 is 2.26 bits per heavy atom. The number of carbonyl (C=O) groups excluding carboxylic acids is 2. The van der Waals surface area contributed by atoms with Gasteiger partial charge in [-0.05, 0) is 46.2 Å². The van der Waals surface area contributed by atoms with Gasteiger partial charge < -0.3 is 15.1 Å². The summed E-state index contributed by atoms with van der Waals surface area (Å²) in [5, 5.41) is 22.8. The zero-order chi connectivity index (χ0) is 23.8. The quantitative estimate of drug-likeness (QED) is 0.250. The molecule has 0 aliphatic carbocycles. The van der Waals surface area contributed by atoms with Crippen LogP contribution in [0.5, 0.6) is 5.75 Å². The average Bonchev–Trinajstić information content (AvgIpc) is 3.10. The summed E-state index contributed by atoms with van der Waals surface area (Å²) in [7, 11) is 0. The first kappa shape index (κ1) is 21.4. The monoisotopic (exact) mass is 453 g/mol. The van der Waals surface area contributed by atoms with Crippen molar-refractivity contribution in [3.63, 3.8) is 0 Å². The molecule has 1 atom stereocenters. The molecule has 1 heterocycles. The number of Topliss-reactive ketones (excluding diaryl/α,β-unsaturated/α-hetero) is 1. The van der Waals surface area contributed by atoms with Crippen molar-refractivity contribution in [3.8, 4) is 5.75 Å². The fourth-order valence-electron chi connectivity index (χ4n) is 4.41. The van der Waals surface area contributed by atoms with Gasteiger partial charge in [-0.25, -0.2) is 4.39 Å². The lowest BCUT2D eigenvalue weighted by molar-refractivity contribution is -0.140. The van der Waals surface area contributed by atoms with Gasteiger partial charge in [0, 0.05) is 12.1 Å². The fourth-order valence-corrected chi connectivity index (χ4v) is 4.41. The van der Waals surface area contributed by atoms with Gasteiger partial charge in [-0.1, -0.05) is 66.7 Å². The number of ketones is 1. The molecule has 1 aliphatic heterocycles. The number of rotatable bonds is 4. The molecule has 0 radical (unpaired) electrons. The van der Waals surface area contributed by atoms with Crippen molar-refractivity contribution < 1.29 is 24.2 Å². The Labute approximate surface area is 195 Å². The maximum Gasteiger partial charge on any atom is 0.295 e. The number of halogens is 1. The number of amides is 1. The molecule has 0 bridgehead atoms. The largest absolute Gasteiger partial charge is 0.508 e. The second kappa shape index (κ2) is 8.48. The topological polar surface area (TPSA) is 77.8 Å². The summed E-state index contributed by atoms with van der Waals surface area (Å²) in [4.78, 5) is 27.7. The van der Waals surface area contributed by atoms with Gasteiger partial charge in [0.2, 0.25) is 0 Å². The molecule has 0 spiro atoms. The van der Waals surface area contributed by atoms with E-state index in [0.29, 0.717) is 16.7 Å². The van der Waals surface area contributed by atoms with E-state index in [0.717, 1.165) is 10.8 Å². The molecule has 168 valence electrons. The van der Waals surface area contributed by atoms with Gasteiger partial charge >= 0.3 is 0 Å². The number of hydrogen-bond acceptors (Lipinski definition) is 4. The molecule has 34 heavy (non-hydrogen) atoms. The maximum absolute atomic E-state index is 13.4. The van der Waals surface area contributed by atoms with Crippen LogP contribution in [-0.4, -0.2) is 26.8 Å². The number of aliphatic hydroxyl groups is 1. The Hall–Kier alpha value is -4.45. The van der Waals surface area contributed by atoms with E-state index in [1.54, 1.807) is 36.4 Å². The first-order chi connectivity index (χ1) is 16.4. The second-order valence-electron chi connectivity index (χ2n) is 8.17. The summed E-state index contributed by atoms with van der Waals surface area (Å²) >= 11 is 0. The van der Waals surface area contributed by atoms with Gasteiger partial charge in [-0.3, -0.25) is 9.59 Å². The number of hydrogen-bond donors (Lipinski definition) is 2. The minimum absolute atomic E-state index is 0.0332. The Kier molecular flexibility index (Phi) is 5.34. The fraction of sp³-hybridized carbons (Fsp3) is 0.0714. The van der Waals surface area contributed by atoms with Crippen LogP contribution in [0.15, 0.2) is 96.6 Å². The van der Waals surface area contributed by atoms with Crippen LogP contribution >= 0.6 is 0 Å². The molecule has 2 N–H and O–H groups in total. The molecular weight excluding hydrogens is 433 g/mol. The molecule has 5 rings (SSSR count). The number of aliphatic hydroxyl groups excluding tert-OH is 1. The summed E-state index contributed by atoms with van der Waals surface area (Å²) in [5.41, 5.74) is 1.61. The molecule has 1 saturated heterocycles. The Morgan fingerprint density at radius 2 is 1.53 bits per heavy atom. The SMILES string of the molecule is O=C1C(=O)N(Cc2ccc(F)cc2)C(c2ccc(O)cc2)/C1=C(/O)c1cccc2ccccc12. The average molecular weight is 453 g/mol. The number of phenols is 1. The minimum atomic E-state index is -0.885. The molecule has 6 heteroatoms. The molecule has 5 nitrogen and oxygen atoms in total. The van der Waals surface area contributed by atoms with Crippen LogP contribution in [0, 0.1) is 5.82 Å². The summed E-state index contributed by atoms with van der Waals surface area (Å²) in [6, 6.07) is 23.8. The highest BCUT2D eigenvalue weighted by atomic mass is 19.1. The van der Waals surface area contributed by atoms with Crippen molar-refractivity contribution in [2.75, 3.05) is 0 Å². The van der Waals surface area contributed by atoms with E-state index in [-0.39, 0.29) is 23.6 Å². The number of benzene rings is 4. The molecule has 0 aromatic heterocycles. The van der Waals surface area contributed by atoms with Gasteiger partial charge in [0.15, 0.2) is 0 Å². The molecule has 4 aromatic carbocycles. The van der Waals surface area contributed by atoms with E-state index in [4.69, 9.17) is 0 Å². The van der Waals surface area contributed by atoms with Crippen molar-refractivity contribution in [3.05, 3.63) is 119 Å². The van der Waals surface area contributed by atoms with Gasteiger partial charge in [-0.15, -0.1) is 0 Å². The van der Waals surface area contributed by atoms with Crippen molar-refractivity contribution in [1.82, 2.24) is 4.90 Å². The summed E-state index contributed by atoms with van der Waals surface area (Å²) in [5.74, 6) is -2.20. The summed E-state index contributed by atoms with van der Waals surface area (Å²) < 4.78 is 13.4. The van der Waals surface area contributed by atoms with E-state index in [1.807, 2.05) is 30.3 Å². The van der Waals surface area contributed by atoms with Gasteiger partial charge in [0.25, 0.3) is 11.7 Å². The minimum Gasteiger partial charge on any atom is -0.508 e. The third-order valence-corrected chi connectivity index (χ3v) is 6.06. The Balaban J connectivity index is 1.69. The van der Waals surface area contributed by atoms with Crippen molar-refractivity contribution in [2.24, 2.45) is 0 Å². The van der Waals surface area contributed by atoms with Crippen LogP contribution in [0.2, 0.25) is 0 Å². The third kappa shape index (κ3) is 3.69. The summed E-state index contributed by atoms with van der Waals surface area (Å²) in [6.07, 6.45) is 0. The highest BCUT2D eigenvalue weighted by Crippen LogP contribution is 2.41. The molecular formula is C28H20FNO4. The lowest BCUT2D eigenvalue weighted by Gasteiger charge is -2.25. The van der Waals surface area contributed by atoms with Crippen molar-refractivity contribution in [1.29, 1.82) is 0 Å². The van der Waals surface area contributed by atoms with Gasteiger partial charge in [0.1, 0.15) is 17.3 Å². The maximum atomic E-state index is 13.4. The summed E-state index contributed by atoms with van der Waals surface area (Å²) in [6.45, 7) is 0.0444. The van der Waals surface area contributed by atoms with E-state index < -0.39 is 23.5 Å². The zero-order valence-corrected chi connectivity index (χ0v) is 18.0. The zero-order valence-electron chi connectivity index (χ0n) is 18.0. The lowest BCUT2D eigenvalue weighted by Crippen LogP contribution is -2.29. The molecule has 4 aromatic rings. The number of nitrogens with zero attached hydrogens (tertiary/aromatic N) is 1. The van der Waals surface area contributed by atoms with Crippen LogP contribution in [-0.2, 0) is 16.1 Å². The van der Waals surface area contributed by atoms with E-state index in [1.165, 1.54) is 29.2 Å². The van der Waals surface area contributed by atoms with E-state index in [9.17, 15) is 24.2 Å². The number of fused-ring (bicyclic) bond motifs is 1. The predicted molar refractivity (Wildman–Crippen MR) is 126 cm³/mol. The molecule has 1 fully saturated rings. The second-order valence-corrected chi connectivity index (χ2v) is 8.17. The molecule has 1 aliphatic rings. The highest BCUT2D eigenvalue weighted by Gasteiger charge is 2.46. The van der Waals surface area contributed by atoms with Crippen LogP contribution in [0.3, 0.4) is 0 Å². The molecule has 1 amide bonds. The predicted octanol–water partition coefficient (Wildman–Crippen LogP) is 5.31. The molecule has 1 unspecified atom stereocenters. The van der Waals surface area contributed by atoms with Gasteiger partial charge in [-0.2, -0.15) is 0 Å². The third-order valence-electron chi connectivity index (χ3n) is 6.06. The number of likely N-dealkylation sites (tertiary alicyclic amines) is 1. The highest BCUT2D eigenvalue weighted by molar-refractivity contribution is 6.46. The first-order valence-electron chi connectivity index (χ1n) is 10.7. The van der Waals surface area contributed by atoms with E-state index in [2.05, 4.69) is 0 Å². The smallest absolute Gasteiger partial charge is 0.295 e. The first-order valence-corrected chi connectivity index (χ1v) is 10.7. The van der Waals surface area contributed by atoms with Gasteiger partial charge in [0.05, 0.1) is 11.6 Å². The van der Waals surface area contributed by atoms with Crippen molar-refractivity contribution in [2.45, 2.75) is 12.6 Å². The number of aromatic hydroxyl groups is 1. The Morgan fingerprint density at radius 1 is 0.853 bits per heavy atom. The van der Waals surface area contributed by atoms with E-state index >= 15 is 0 Å². The lowest BCUT2D eigenvalue weighted by atomic mass is 9.93. The number of carbonyl (C=O) groups is 2. The Bertz CT molecular complexity index is 1440. The number of phenolic OH excluding ortho intramolecular Hbond substituents is 1. The molecule has 0 saturated carbocycles. The van der Waals surface area contributed by atoms with Crippen LogP contribution in [0.4, 0.5) is 4.39 Å².